The third-order valence-electron chi connectivity index (χ3n) is 4.25. The van der Waals surface area contributed by atoms with Gasteiger partial charge in [0.25, 0.3) is 0 Å². The number of sulfonamides is 1. The maximum atomic E-state index is 13.5. The molecule has 1 fully saturated rings. The minimum absolute atomic E-state index is 0.0302. The van der Waals surface area contributed by atoms with E-state index in [4.69, 9.17) is 0 Å². The van der Waals surface area contributed by atoms with Gasteiger partial charge in [0.1, 0.15) is 5.82 Å². The number of rotatable bonds is 4. The molecule has 0 amide bonds. The average molecular weight is 315 g/mol. The van der Waals surface area contributed by atoms with Crippen LogP contribution in [0.2, 0.25) is 0 Å². The van der Waals surface area contributed by atoms with Crippen molar-refractivity contribution in [2.45, 2.75) is 50.0 Å². The van der Waals surface area contributed by atoms with E-state index < -0.39 is 21.4 Å². The first-order chi connectivity index (χ1) is 9.72. The van der Waals surface area contributed by atoms with Crippen molar-refractivity contribution in [3.63, 3.8) is 0 Å². The van der Waals surface area contributed by atoms with E-state index >= 15 is 0 Å². The number of halogens is 1. The van der Waals surface area contributed by atoms with Crippen molar-refractivity contribution in [2.24, 2.45) is 5.92 Å². The number of aryl methyl sites for hydroxylation is 1. The van der Waals surface area contributed by atoms with Crippen LogP contribution in [0.25, 0.3) is 0 Å². The second-order valence-electron chi connectivity index (χ2n) is 6.14. The molecule has 1 saturated carbocycles. The van der Waals surface area contributed by atoms with Crippen LogP contribution >= 0.6 is 0 Å². The van der Waals surface area contributed by atoms with Crippen LogP contribution in [0.5, 0.6) is 0 Å². The number of hydrogen-bond acceptors (Lipinski definition) is 3. The molecule has 118 valence electrons. The zero-order chi connectivity index (χ0) is 15.7. The van der Waals surface area contributed by atoms with Crippen molar-refractivity contribution < 1.29 is 17.9 Å². The highest BCUT2D eigenvalue weighted by molar-refractivity contribution is 7.89. The maximum Gasteiger partial charge on any atom is 0.240 e. The van der Waals surface area contributed by atoms with E-state index in [0.717, 1.165) is 18.9 Å². The Morgan fingerprint density at radius 2 is 2.00 bits per heavy atom. The molecular weight excluding hydrogens is 293 g/mol. The number of benzene rings is 1. The van der Waals surface area contributed by atoms with Crippen LogP contribution in [0.1, 0.15) is 38.2 Å². The summed E-state index contributed by atoms with van der Waals surface area (Å²) in [6.07, 6.45) is 2.94. The lowest BCUT2D eigenvalue weighted by Gasteiger charge is -2.34. The van der Waals surface area contributed by atoms with Crippen molar-refractivity contribution in [1.29, 1.82) is 0 Å². The molecule has 21 heavy (non-hydrogen) atoms. The van der Waals surface area contributed by atoms with Crippen molar-refractivity contribution in [3.8, 4) is 0 Å². The lowest BCUT2D eigenvalue weighted by atomic mass is 9.80. The fraction of sp³-hybridized carbons (Fsp3) is 0.600. The molecule has 2 rings (SSSR count). The largest absolute Gasteiger partial charge is 0.389 e. The predicted molar refractivity (Wildman–Crippen MR) is 78.9 cm³/mol. The van der Waals surface area contributed by atoms with Gasteiger partial charge >= 0.3 is 0 Å². The highest BCUT2D eigenvalue weighted by Crippen LogP contribution is 2.31. The van der Waals surface area contributed by atoms with Crippen LogP contribution in [0.4, 0.5) is 4.39 Å². The van der Waals surface area contributed by atoms with Crippen molar-refractivity contribution >= 4 is 10.0 Å². The summed E-state index contributed by atoms with van der Waals surface area (Å²) in [7, 11) is -3.80. The first kappa shape index (κ1) is 16.4. The van der Waals surface area contributed by atoms with E-state index in [1.807, 2.05) is 0 Å². The molecule has 0 spiro atoms. The fourth-order valence-corrected chi connectivity index (χ4v) is 3.66. The van der Waals surface area contributed by atoms with Gasteiger partial charge in [0.15, 0.2) is 0 Å². The first-order valence-corrected chi connectivity index (χ1v) is 8.68. The van der Waals surface area contributed by atoms with Gasteiger partial charge in [0.2, 0.25) is 10.0 Å². The molecule has 1 aliphatic rings. The van der Waals surface area contributed by atoms with Crippen molar-refractivity contribution in [1.82, 2.24) is 4.72 Å². The SMILES string of the molecule is Cc1ccc(S(=O)(=O)NCC2(O)CCC(C)CC2)cc1F. The van der Waals surface area contributed by atoms with Crippen molar-refractivity contribution in [2.75, 3.05) is 6.54 Å². The van der Waals surface area contributed by atoms with E-state index in [1.165, 1.54) is 12.1 Å². The molecule has 1 aliphatic carbocycles. The summed E-state index contributed by atoms with van der Waals surface area (Å²) < 4.78 is 40.2. The molecule has 6 heteroatoms. The van der Waals surface area contributed by atoms with Crippen LogP contribution in [0, 0.1) is 18.7 Å². The summed E-state index contributed by atoms with van der Waals surface area (Å²) in [6.45, 7) is 3.67. The Hall–Kier alpha value is -0.980. The zero-order valence-electron chi connectivity index (χ0n) is 12.4. The van der Waals surface area contributed by atoms with Gasteiger partial charge in [0.05, 0.1) is 10.5 Å². The normalized spacial score (nSPS) is 26.8. The Labute approximate surface area is 125 Å². The number of aliphatic hydroxyl groups is 1. The summed E-state index contributed by atoms with van der Waals surface area (Å²) in [4.78, 5) is -0.113. The Kier molecular flexibility index (Phi) is 4.70. The molecule has 4 nitrogen and oxygen atoms in total. The molecule has 0 aromatic heterocycles. The third-order valence-corrected chi connectivity index (χ3v) is 5.65. The minimum atomic E-state index is -3.80. The average Bonchev–Trinajstić information content (AvgIpc) is 2.43. The third kappa shape index (κ3) is 4.02. The molecule has 0 unspecified atom stereocenters. The van der Waals surface area contributed by atoms with Gasteiger partial charge in [-0.1, -0.05) is 13.0 Å². The second kappa shape index (κ2) is 6.02. The first-order valence-electron chi connectivity index (χ1n) is 7.20. The molecule has 0 saturated heterocycles. The van der Waals surface area contributed by atoms with Gasteiger partial charge in [-0.25, -0.2) is 17.5 Å². The quantitative estimate of drug-likeness (QED) is 0.896. The molecule has 0 heterocycles. The fourth-order valence-electron chi connectivity index (χ4n) is 2.53. The van der Waals surface area contributed by atoms with Gasteiger partial charge in [-0.3, -0.25) is 0 Å². The van der Waals surface area contributed by atoms with Crippen LogP contribution < -0.4 is 4.72 Å². The Balaban J connectivity index is 2.06. The lowest BCUT2D eigenvalue weighted by molar-refractivity contribution is -0.00182. The van der Waals surface area contributed by atoms with Gasteiger partial charge < -0.3 is 5.11 Å². The van der Waals surface area contributed by atoms with E-state index in [-0.39, 0.29) is 11.4 Å². The highest BCUT2D eigenvalue weighted by Gasteiger charge is 2.33. The molecule has 2 N–H and O–H groups in total. The van der Waals surface area contributed by atoms with E-state index in [0.29, 0.717) is 24.3 Å². The van der Waals surface area contributed by atoms with Crippen LogP contribution in [-0.2, 0) is 10.0 Å². The Morgan fingerprint density at radius 3 is 2.57 bits per heavy atom. The number of hydrogen-bond donors (Lipinski definition) is 2. The maximum absolute atomic E-state index is 13.5. The van der Waals surface area contributed by atoms with Crippen LogP contribution in [-0.4, -0.2) is 25.7 Å². The summed E-state index contributed by atoms with van der Waals surface area (Å²) in [5.41, 5.74) is -0.600. The topological polar surface area (TPSA) is 66.4 Å². The monoisotopic (exact) mass is 315 g/mol. The Morgan fingerprint density at radius 1 is 1.38 bits per heavy atom. The molecule has 1 aromatic carbocycles. The minimum Gasteiger partial charge on any atom is -0.389 e. The van der Waals surface area contributed by atoms with Gasteiger partial charge in [-0.2, -0.15) is 0 Å². The molecule has 0 radical (unpaired) electrons. The van der Waals surface area contributed by atoms with Gasteiger partial charge in [-0.15, -0.1) is 0 Å². The predicted octanol–water partition coefficient (Wildman–Crippen LogP) is 2.35. The van der Waals surface area contributed by atoms with Crippen LogP contribution in [0.15, 0.2) is 23.1 Å². The highest BCUT2D eigenvalue weighted by atomic mass is 32.2. The smallest absolute Gasteiger partial charge is 0.240 e. The number of nitrogens with one attached hydrogen (secondary N) is 1. The van der Waals surface area contributed by atoms with E-state index in [9.17, 15) is 17.9 Å². The van der Waals surface area contributed by atoms with Gasteiger partial charge in [0, 0.05) is 6.54 Å². The molecule has 0 aliphatic heterocycles. The van der Waals surface area contributed by atoms with E-state index in [1.54, 1.807) is 6.92 Å². The standard InChI is InChI=1S/C15H22FNO3S/c1-11-5-7-15(18,8-6-11)10-17-21(19,20)13-4-3-12(2)14(16)9-13/h3-4,9,11,17-18H,5-8,10H2,1-2H3. The molecule has 0 atom stereocenters. The summed E-state index contributed by atoms with van der Waals surface area (Å²) in [6, 6.07) is 3.80. The molecule has 0 bridgehead atoms. The zero-order valence-corrected chi connectivity index (χ0v) is 13.2. The summed E-state index contributed by atoms with van der Waals surface area (Å²) >= 11 is 0. The second-order valence-corrected chi connectivity index (χ2v) is 7.91. The van der Waals surface area contributed by atoms with E-state index in [2.05, 4.69) is 11.6 Å². The molecule has 1 aromatic rings. The van der Waals surface area contributed by atoms with Crippen molar-refractivity contribution in [3.05, 3.63) is 29.6 Å². The lowest BCUT2D eigenvalue weighted by Crippen LogP contribution is -2.45. The molecular formula is C15H22FNO3S. The summed E-state index contributed by atoms with van der Waals surface area (Å²) in [5, 5.41) is 10.4. The van der Waals surface area contributed by atoms with Crippen LogP contribution in [0.3, 0.4) is 0 Å². The van der Waals surface area contributed by atoms with Gasteiger partial charge in [-0.05, 0) is 56.2 Å². The summed E-state index contributed by atoms with van der Waals surface area (Å²) in [5.74, 6) is 0.0103. The Bertz CT molecular complexity index is 607.